The van der Waals surface area contributed by atoms with Gasteiger partial charge in [0.15, 0.2) is 0 Å². The van der Waals surface area contributed by atoms with E-state index in [0.717, 1.165) is 41.9 Å². The Hall–Kier alpha value is -2.67. The van der Waals surface area contributed by atoms with Gasteiger partial charge in [-0.3, -0.25) is 4.79 Å². The molecule has 1 aromatic carbocycles. The Balaban J connectivity index is 1.56. The topological polar surface area (TPSA) is 71.3 Å². The molecule has 1 N–H and O–H groups in total. The first-order valence-corrected chi connectivity index (χ1v) is 9.53. The van der Waals surface area contributed by atoms with Crippen molar-refractivity contribution in [1.82, 2.24) is 9.97 Å². The molecule has 0 unspecified atom stereocenters. The van der Waals surface area contributed by atoms with Crippen LogP contribution in [0.1, 0.15) is 24.2 Å². The lowest BCUT2D eigenvalue weighted by Gasteiger charge is -2.33. The third kappa shape index (κ3) is 3.42. The van der Waals surface area contributed by atoms with E-state index >= 15 is 0 Å². The van der Waals surface area contributed by atoms with E-state index in [1.165, 1.54) is 24.5 Å². The Morgan fingerprint density at radius 1 is 1.36 bits per heavy atom. The number of hydrogen-bond acceptors (Lipinski definition) is 5. The van der Waals surface area contributed by atoms with Crippen molar-refractivity contribution in [3.05, 3.63) is 46.7 Å². The van der Waals surface area contributed by atoms with E-state index in [2.05, 4.69) is 20.2 Å². The van der Waals surface area contributed by atoms with Gasteiger partial charge in [0, 0.05) is 18.7 Å². The number of carbonyl (C=O) groups excluding carboxylic acids is 1. The van der Waals surface area contributed by atoms with Gasteiger partial charge in [0.2, 0.25) is 11.6 Å². The quantitative estimate of drug-likeness (QED) is 0.699. The first kappa shape index (κ1) is 18.7. The highest BCUT2D eigenvalue weighted by atomic mass is 35.5. The van der Waals surface area contributed by atoms with Crippen LogP contribution in [0.15, 0.2) is 28.9 Å². The minimum Gasteiger partial charge on any atom is -0.443 e. The molecule has 1 fully saturated rings. The van der Waals surface area contributed by atoms with Crippen molar-refractivity contribution >= 4 is 40.1 Å². The van der Waals surface area contributed by atoms with Crippen molar-refractivity contribution in [2.24, 2.45) is 5.92 Å². The number of nitrogens with one attached hydrogen (secondary N) is 1. The Morgan fingerprint density at radius 3 is 2.96 bits per heavy atom. The number of furan rings is 1. The molecular formula is C20H20ClFN4O2. The SMILES string of the molecule is Cc1oc2ncnc(N3CCC[C@H](C(=O)Nc4ccc(F)cc4Cl)C3)c2c1C. The standard InChI is InChI=1S/C20H20ClFN4O2/c1-11-12(2)28-20-17(11)18(23-10-24-20)26-7-3-4-13(9-26)19(27)25-16-6-5-14(22)8-15(16)21/h5-6,8,10,13H,3-4,7,9H2,1-2H3,(H,25,27)/t13-/m0/s1. The molecule has 1 atom stereocenters. The fraction of sp³-hybridized carbons (Fsp3) is 0.350. The van der Waals surface area contributed by atoms with Gasteiger partial charge in [-0.1, -0.05) is 11.6 Å². The van der Waals surface area contributed by atoms with Crippen molar-refractivity contribution in [2.75, 3.05) is 23.3 Å². The Kier molecular flexibility index (Phi) is 4.93. The highest BCUT2D eigenvalue weighted by Crippen LogP contribution is 2.33. The summed E-state index contributed by atoms with van der Waals surface area (Å²) in [6, 6.07) is 3.93. The second-order valence-electron chi connectivity index (χ2n) is 7.06. The lowest BCUT2D eigenvalue weighted by Crippen LogP contribution is -2.41. The van der Waals surface area contributed by atoms with Crippen LogP contribution in [0, 0.1) is 25.6 Å². The Bertz CT molecular complexity index is 1050. The fourth-order valence-corrected chi connectivity index (χ4v) is 3.83. The number of nitrogens with zero attached hydrogens (tertiary/aromatic N) is 3. The lowest BCUT2D eigenvalue weighted by molar-refractivity contribution is -0.120. The molecule has 1 saturated heterocycles. The highest BCUT2D eigenvalue weighted by Gasteiger charge is 2.29. The number of halogens is 2. The van der Waals surface area contributed by atoms with Crippen molar-refractivity contribution in [1.29, 1.82) is 0 Å². The second kappa shape index (κ2) is 7.39. The summed E-state index contributed by atoms with van der Waals surface area (Å²) in [6.07, 6.45) is 3.11. The normalized spacial score (nSPS) is 17.1. The molecule has 0 spiro atoms. The number of amides is 1. The van der Waals surface area contributed by atoms with Gasteiger partial charge in [-0.25, -0.2) is 14.4 Å². The molecule has 0 bridgehead atoms. The molecule has 6 nitrogen and oxygen atoms in total. The van der Waals surface area contributed by atoms with E-state index in [0.29, 0.717) is 17.9 Å². The van der Waals surface area contributed by atoms with E-state index < -0.39 is 5.82 Å². The van der Waals surface area contributed by atoms with Gasteiger partial charge in [-0.05, 0) is 44.9 Å². The van der Waals surface area contributed by atoms with Gasteiger partial charge >= 0.3 is 0 Å². The summed E-state index contributed by atoms with van der Waals surface area (Å²) in [7, 11) is 0. The summed E-state index contributed by atoms with van der Waals surface area (Å²) in [5.41, 5.74) is 1.98. The maximum absolute atomic E-state index is 13.2. The number of rotatable bonds is 3. The summed E-state index contributed by atoms with van der Waals surface area (Å²) in [5, 5.41) is 3.89. The molecule has 3 heterocycles. The molecule has 4 rings (SSSR count). The first-order valence-electron chi connectivity index (χ1n) is 9.15. The van der Waals surface area contributed by atoms with Gasteiger partial charge < -0.3 is 14.6 Å². The summed E-state index contributed by atoms with van der Waals surface area (Å²) < 4.78 is 18.9. The van der Waals surface area contributed by atoms with Crippen LogP contribution in [0.3, 0.4) is 0 Å². The van der Waals surface area contributed by atoms with Crippen molar-refractivity contribution < 1.29 is 13.6 Å². The first-order chi connectivity index (χ1) is 13.4. The van der Waals surface area contributed by atoms with Gasteiger partial charge in [-0.2, -0.15) is 0 Å². The van der Waals surface area contributed by atoms with E-state index in [1.807, 2.05) is 13.8 Å². The van der Waals surface area contributed by atoms with Crippen LogP contribution in [0.25, 0.3) is 11.1 Å². The minimum atomic E-state index is -0.439. The summed E-state index contributed by atoms with van der Waals surface area (Å²) in [5.74, 6) is 0.799. The van der Waals surface area contributed by atoms with Crippen LogP contribution in [-0.2, 0) is 4.79 Å². The van der Waals surface area contributed by atoms with E-state index in [1.54, 1.807) is 0 Å². The summed E-state index contributed by atoms with van der Waals surface area (Å²) in [6.45, 7) is 5.22. The van der Waals surface area contributed by atoms with Gasteiger partial charge in [-0.15, -0.1) is 0 Å². The molecule has 0 aliphatic carbocycles. The number of hydrogen-bond donors (Lipinski definition) is 1. The van der Waals surface area contributed by atoms with E-state index in [9.17, 15) is 9.18 Å². The zero-order valence-corrected chi connectivity index (χ0v) is 16.4. The number of aryl methyl sites for hydroxylation is 2. The summed E-state index contributed by atoms with van der Waals surface area (Å²) in [4.78, 5) is 23.6. The highest BCUT2D eigenvalue weighted by molar-refractivity contribution is 6.33. The number of benzene rings is 1. The molecule has 0 saturated carbocycles. The molecule has 1 aliphatic heterocycles. The van der Waals surface area contributed by atoms with Crippen LogP contribution in [-0.4, -0.2) is 29.0 Å². The maximum atomic E-state index is 13.2. The van der Waals surface area contributed by atoms with Crippen molar-refractivity contribution in [3.8, 4) is 0 Å². The minimum absolute atomic E-state index is 0.136. The predicted molar refractivity (Wildman–Crippen MR) is 106 cm³/mol. The molecule has 1 amide bonds. The van der Waals surface area contributed by atoms with Crippen LogP contribution in [0.2, 0.25) is 5.02 Å². The van der Waals surface area contributed by atoms with Crippen LogP contribution in [0.4, 0.5) is 15.9 Å². The van der Waals surface area contributed by atoms with Crippen LogP contribution >= 0.6 is 11.6 Å². The molecule has 28 heavy (non-hydrogen) atoms. The summed E-state index contributed by atoms with van der Waals surface area (Å²) >= 11 is 6.03. The van der Waals surface area contributed by atoms with Gasteiger partial charge in [0.25, 0.3) is 0 Å². The number of piperidine rings is 1. The smallest absolute Gasteiger partial charge is 0.231 e. The van der Waals surface area contributed by atoms with E-state index in [-0.39, 0.29) is 16.8 Å². The fourth-order valence-electron chi connectivity index (χ4n) is 3.61. The maximum Gasteiger partial charge on any atom is 0.231 e. The molecule has 2 aromatic heterocycles. The lowest BCUT2D eigenvalue weighted by atomic mass is 9.96. The number of aromatic nitrogens is 2. The average Bonchev–Trinajstić information content (AvgIpc) is 2.98. The molecule has 3 aromatic rings. The number of fused-ring (bicyclic) bond motifs is 1. The molecule has 1 aliphatic rings. The third-order valence-corrected chi connectivity index (χ3v) is 5.54. The molecular weight excluding hydrogens is 383 g/mol. The molecule has 8 heteroatoms. The number of carbonyl (C=O) groups is 1. The van der Waals surface area contributed by atoms with Crippen LogP contribution < -0.4 is 10.2 Å². The predicted octanol–water partition coefficient (Wildman–Crippen LogP) is 4.49. The largest absolute Gasteiger partial charge is 0.443 e. The van der Waals surface area contributed by atoms with Crippen molar-refractivity contribution in [3.63, 3.8) is 0 Å². The average molecular weight is 403 g/mol. The van der Waals surface area contributed by atoms with Crippen LogP contribution in [0.5, 0.6) is 0 Å². The monoisotopic (exact) mass is 402 g/mol. The molecule has 146 valence electrons. The van der Waals surface area contributed by atoms with Gasteiger partial charge in [0.1, 0.15) is 23.7 Å². The Morgan fingerprint density at radius 2 is 2.18 bits per heavy atom. The van der Waals surface area contributed by atoms with Gasteiger partial charge in [0.05, 0.1) is 22.0 Å². The molecule has 0 radical (unpaired) electrons. The zero-order chi connectivity index (χ0) is 19.8. The van der Waals surface area contributed by atoms with E-state index in [4.69, 9.17) is 16.0 Å². The third-order valence-electron chi connectivity index (χ3n) is 5.23. The zero-order valence-electron chi connectivity index (χ0n) is 15.6. The van der Waals surface area contributed by atoms with Crippen molar-refractivity contribution in [2.45, 2.75) is 26.7 Å². The Labute approximate surface area is 166 Å². The second-order valence-corrected chi connectivity index (χ2v) is 7.47. The number of anilines is 2.